The summed E-state index contributed by atoms with van der Waals surface area (Å²) < 4.78 is 17.0. The van der Waals surface area contributed by atoms with Gasteiger partial charge in [-0.2, -0.15) is 0 Å². The van der Waals surface area contributed by atoms with E-state index < -0.39 is 55.6 Å². The predicted molar refractivity (Wildman–Crippen MR) is 228 cm³/mol. The van der Waals surface area contributed by atoms with Gasteiger partial charge in [0.2, 0.25) is 5.91 Å². The van der Waals surface area contributed by atoms with Gasteiger partial charge in [0.25, 0.3) is 0 Å². The summed E-state index contributed by atoms with van der Waals surface area (Å²) in [5.74, 6) is -0.325. The summed E-state index contributed by atoms with van der Waals surface area (Å²) in [6.07, 6.45) is 10.1. The van der Waals surface area contributed by atoms with Crippen molar-refractivity contribution in [2.45, 2.75) is 191 Å². The summed E-state index contributed by atoms with van der Waals surface area (Å²) in [6, 6.07) is 15.7. The number of aliphatic hydroxyl groups excluding tert-OH is 6. The molecule has 1 aliphatic rings. The van der Waals surface area contributed by atoms with E-state index in [1.807, 2.05) is 54.6 Å². The van der Waals surface area contributed by atoms with Gasteiger partial charge >= 0.3 is 0 Å². The van der Waals surface area contributed by atoms with Gasteiger partial charge in [-0.1, -0.05) is 158 Å². The molecular formula is C47H75NO11. The van der Waals surface area contributed by atoms with Crippen LogP contribution in [0.4, 0.5) is 0 Å². The van der Waals surface area contributed by atoms with Crippen molar-refractivity contribution in [2.24, 2.45) is 0 Å². The highest BCUT2D eigenvalue weighted by Crippen LogP contribution is 2.23. The van der Waals surface area contributed by atoms with Crippen LogP contribution >= 0.6 is 0 Å². The minimum Gasteiger partial charge on any atom is -0.394 e. The maximum atomic E-state index is 13.0. The summed E-state index contributed by atoms with van der Waals surface area (Å²) in [4.78, 5) is 25.8. The first kappa shape index (κ1) is 50.6. The number of benzene rings is 2. The van der Waals surface area contributed by atoms with E-state index in [0.29, 0.717) is 37.2 Å². The minimum absolute atomic E-state index is 0.0118. The van der Waals surface area contributed by atoms with Gasteiger partial charge < -0.3 is 50.2 Å². The Bertz CT molecular complexity index is 1400. The molecular weight excluding hydrogens is 755 g/mol. The van der Waals surface area contributed by atoms with Crippen LogP contribution in [0.25, 0.3) is 0 Å². The standard InChI is InChI=1S/C47H75NO11/c1-2-3-4-5-6-7-8-9-10-11-14-20-28-39(50)43(53)38(34-58-47-46(56)45(55)44(54)40(32-49)59-47)48-41(51)29-21-15-12-13-16-22-30-57-33-35-24-23-27-37(31-35)42(52)36-25-18-17-19-26-36/h17-19,23-27,31,38-40,43-47,49-50,53-56H,2-16,20-22,28-30,32-34H2,1H3,(H,48,51)/t38-,39+,40+,43-,44-,45-,46+,47-/m0/s1. The smallest absolute Gasteiger partial charge is 0.220 e. The van der Waals surface area contributed by atoms with Crippen molar-refractivity contribution < 1.29 is 54.4 Å². The fourth-order valence-corrected chi connectivity index (χ4v) is 7.49. The Balaban J connectivity index is 1.34. The molecule has 0 spiro atoms. The number of rotatable bonds is 33. The molecule has 0 bridgehead atoms. The molecule has 0 aliphatic carbocycles. The zero-order valence-corrected chi connectivity index (χ0v) is 35.5. The second-order valence-electron chi connectivity index (χ2n) is 16.3. The molecule has 59 heavy (non-hydrogen) atoms. The van der Waals surface area contributed by atoms with Crippen LogP contribution < -0.4 is 5.32 Å². The fraction of sp³-hybridized carbons (Fsp3) is 0.702. The van der Waals surface area contributed by atoms with Crippen molar-refractivity contribution >= 4 is 11.7 Å². The number of hydrogen-bond acceptors (Lipinski definition) is 11. The van der Waals surface area contributed by atoms with Gasteiger partial charge in [0.1, 0.15) is 30.5 Å². The summed E-state index contributed by atoms with van der Waals surface area (Å²) in [5.41, 5.74) is 2.25. The molecule has 1 heterocycles. The average molecular weight is 830 g/mol. The number of unbranched alkanes of at least 4 members (excludes halogenated alkanes) is 16. The van der Waals surface area contributed by atoms with Gasteiger partial charge in [-0.3, -0.25) is 9.59 Å². The van der Waals surface area contributed by atoms with Crippen LogP contribution in [0.15, 0.2) is 54.6 Å². The molecule has 3 rings (SSSR count). The van der Waals surface area contributed by atoms with E-state index in [2.05, 4.69) is 12.2 Å². The van der Waals surface area contributed by atoms with Crippen LogP contribution in [0, 0.1) is 0 Å². The third kappa shape index (κ3) is 19.6. The molecule has 7 N–H and O–H groups in total. The normalized spacial score (nSPS) is 20.9. The van der Waals surface area contributed by atoms with Gasteiger partial charge in [-0.15, -0.1) is 0 Å². The zero-order valence-electron chi connectivity index (χ0n) is 35.5. The van der Waals surface area contributed by atoms with E-state index in [1.165, 1.54) is 51.4 Å². The Morgan fingerprint density at radius 3 is 1.95 bits per heavy atom. The average Bonchev–Trinajstić information content (AvgIpc) is 3.25. The van der Waals surface area contributed by atoms with Crippen molar-refractivity contribution in [3.8, 4) is 0 Å². The van der Waals surface area contributed by atoms with Crippen LogP contribution in [0.5, 0.6) is 0 Å². The summed E-state index contributed by atoms with van der Waals surface area (Å²) in [5, 5.41) is 65.2. The molecule has 12 nitrogen and oxygen atoms in total. The number of carbonyl (C=O) groups excluding carboxylic acids is 2. The van der Waals surface area contributed by atoms with Crippen LogP contribution in [0.3, 0.4) is 0 Å². The summed E-state index contributed by atoms with van der Waals surface area (Å²) in [7, 11) is 0. The SMILES string of the molecule is CCCCCCCCCCCCCC[C@@H](O)[C@@H](O)[C@H](CO[C@H]1O[C@H](CO)[C@H](O)[C@H](O)[C@H]1O)NC(=O)CCCCCCCCOCc1cccc(C(=O)c2ccccc2)c1. The second kappa shape index (κ2) is 30.3. The van der Waals surface area contributed by atoms with E-state index in [1.54, 1.807) is 0 Å². The number of ketones is 1. The van der Waals surface area contributed by atoms with Crippen molar-refractivity contribution in [2.75, 3.05) is 19.8 Å². The largest absolute Gasteiger partial charge is 0.394 e. The molecule has 2 aromatic rings. The number of amides is 1. The topological polar surface area (TPSA) is 195 Å². The molecule has 1 amide bonds. The molecule has 1 fully saturated rings. The molecule has 334 valence electrons. The second-order valence-corrected chi connectivity index (χ2v) is 16.3. The number of ether oxygens (including phenoxy) is 3. The number of hydrogen-bond donors (Lipinski definition) is 7. The zero-order chi connectivity index (χ0) is 42.7. The Hall–Kier alpha value is -2.78. The first-order chi connectivity index (χ1) is 28.7. The molecule has 0 saturated carbocycles. The Kier molecular flexibility index (Phi) is 26.0. The molecule has 1 aliphatic heterocycles. The highest BCUT2D eigenvalue weighted by molar-refractivity contribution is 6.09. The molecule has 0 unspecified atom stereocenters. The summed E-state index contributed by atoms with van der Waals surface area (Å²) in [6.45, 7) is 2.31. The van der Waals surface area contributed by atoms with Crippen molar-refractivity contribution in [3.05, 3.63) is 71.3 Å². The van der Waals surface area contributed by atoms with E-state index in [0.717, 1.165) is 63.4 Å². The van der Waals surface area contributed by atoms with Gasteiger partial charge in [0.15, 0.2) is 12.1 Å². The van der Waals surface area contributed by atoms with Gasteiger partial charge in [-0.05, 0) is 30.9 Å². The Morgan fingerprint density at radius 1 is 0.712 bits per heavy atom. The minimum atomic E-state index is -1.63. The number of aliphatic hydroxyl groups is 6. The van der Waals surface area contributed by atoms with E-state index in [4.69, 9.17) is 14.2 Å². The first-order valence-electron chi connectivity index (χ1n) is 22.5. The molecule has 0 radical (unpaired) electrons. The lowest BCUT2D eigenvalue weighted by Crippen LogP contribution is -2.60. The lowest BCUT2D eigenvalue weighted by atomic mass is 9.98. The van der Waals surface area contributed by atoms with Crippen LogP contribution in [-0.2, 0) is 25.6 Å². The lowest BCUT2D eigenvalue weighted by molar-refractivity contribution is -0.303. The maximum Gasteiger partial charge on any atom is 0.220 e. The third-order valence-electron chi connectivity index (χ3n) is 11.2. The van der Waals surface area contributed by atoms with Crippen molar-refractivity contribution in [1.29, 1.82) is 0 Å². The Labute approximate surface area is 352 Å². The molecule has 1 saturated heterocycles. The fourth-order valence-electron chi connectivity index (χ4n) is 7.49. The monoisotopic (exact) mass is 830 g/mol. The van der Waals surface area contributed by atoms with Crippen molar-refractivity contribution in [3.63, 3.8) is 0 Å². The lowest BCUT2D eigenvalue weighted by Gasteiger charge is -2.40. The molecule has 0 aromatic heterocycles. The number of nitrogens with one attached hydrogen (secondary N) is 1. The van der Waals surface area contributed by atoms with Crippen LogP contribution in [0.1, 0.15) is 157 Å². The maximum absolute atomic E-state index is 13.0. The first-order valence-corrected chi connectivity index (χ1v) is 22.5. The van der Waals surface area contributed by atoms with E-state index in [9.17, 15) is 40.2 Å². The Morgan fingerprint density at radius 2 is 1.31 bits per heavy atom. The highest BCUT2D eigenvalue weighted by Gasteiger charge is 2.44. The highest BCUT2D eigenvalue weighted by atomic mass is 16.7. The van der Waals surface area contributed by atoms with Gasteiger partial charge in [0, 0.05) is 24.2 Å². The summed E-state index contributed by atoms with van der Waals surface area (Å²) >= 11 is 0. The number of carbonyl (C=O) groups is 2. The van der Waals surface area contributed by atoms with E-state index >= 15 is 0 Å². The van der Waals surface area contributed by atoms with E-state index in [-0.39, 0.29) is 24.7 Å². The predicted octanol–water partition coefficient (Wildman–Crippen LogP) is 6.28. The third-order valence-corrected chi connectivity index (χ3v) is 11.2. The molecule has 12 heteroatoms. The quantitative estimate of drug-likeness (QED) is 0.0316. The molecule has 8 atom stereocenters. The van der Waals surface area contributed by atoms with Crippen LogP contribution in [0.2, 0.25) is 0 Å². The van der Waals surface area contributed by atoms with Gasteiger partial charge in [-0.25, -0.2) is 0 Å². The van der Waals surface area contributed by atoms with Crippen LogP contribution in [-0.4, -0.2) is 111 Å². The van der Waals surface area contributed by atoms with Crippen molar-refractivity contribution in [1.82, 2.24) is 5.32 Å². The molecule has 2 aromatic carbocycles. The van der Waals surface area contributed by atoms with Gasteiger partial charge in [0.05, 0.1) is 32.0 Å².